The molecule has 1 heterocycles. The standard InChI is InChI=1S/C18H15Cl2N3O/c1-21-17-12-8-14(20)11(10-6-7-10)9-16(12)23(18(24)22-17)15-5-3-2-4-13(15)19/h2-5,8-10H,6-7H2,1H3,(H,21,22,24). The number of halogens is 2. The summed E-state index contributed by atoms with van der Waals surface area (Å²) < 4.78 is 1.56. The van der Waals surface area contributed by atoms with E-state index < -0.39 is 0 Å². The van der Waals surface area contributed by atoms with Gasteiger partial charge in [0.05, 0.1) is 16.2 Å². The van der Waals surface area contributed by atoms with Crippen molar-refractivity contribution < 1.29 is 0 Å². The van der Waals surface area contributed by atoms with Crippen molar-refractivity contribution in [1.82, 2.24) is 9.55 Å². The number of anilines is 1. The van der Waals surface area contributed by atoms with Crippen LogP contribution >= 0.6 is 23.2 Å². The van der Waals surface area contributed by atoms with Crippen LogP contribution in [0.15, 0.2) is 41.2 Å². The van der Waals surface area contributed by atoms with Gasteiger partial charge in [0.1, 0.15) is 5.82 Å². The Balaban J connectivity index is 2.12. The van der Waals surface area contributed by atoms with Gasteiger partial charge in [-0.15, -0.1) is 0 Å². The molecule has 1 aromatic heterocycles. The predicted molar refractivity (Wildman–Crippen MR) is 98.9 cm³/mol. The molecule has 1 N–H and O–H groups in total. The van der Waals surface area contributed by atoms with Crippen molar-refractivity contribution in [3.05, 3.63) is 62.5 Å². The summed E-state index contributed by atoms with van der Waals surface area (Å²) in [6, 6.07) is 11.1. The number of hydrogen-bond acceptors (Lipinski definition) is 3. The fraction of sp³-hybridized carbons (Fsp3) is 0.222. The van der Waals surface area contributed by atoms with Crippen molar-refractivity contribution in [3.8, 4) is 5.69 Å². The molecule has 0 spiro atoms. The van der Waals surface area contributed by atoms with Gasteiger partial charge in [0.25, 0.3) is 0 Å². The summed E-state index contributed by atoms with van der Waals surface area (Å²) in [6.07, 6.45) is 2.26. The molecular formula is C18H15Cl2N3O. The highest BCUT2D eigenvalue weighted by atomic mass is 35.5. The third kappa shape index (κ3) is 2.46. The summed E-state index contributed by atoms with van der Waals surface area (Å²) >= 11 is 12.8. The molecule has 24 heavy (non-hydrogen) atoms. The van der Waals surface area contributed by atoms with Crippen molar-refractivity contribution in [2.45, 2.75) is 18.8 Å². The van der Waals surface area contributed by atoms with Crippen LogP contribution in [-0.2, 0) is 0 Å². The molecule has 0 bridgehead atoms. The lowest BCUT2D eigenvalue weighted by molar-refractivity contribution is 0.958. The number of benzene rings is 2. The summed E-state index contributed by atoms with van der Waals surface area (Å²) in [5.74, 6) is 0.991. The zero-order valence-corrected chi connectivity index (χ0v) is 14.5. The van der Waals surface area contributed by atoms with Crippen molar-refractivity contribution in [3.63, 3.8) is 0 Å². The smallest absolute Gasteiger partial charge is 0.354 e. The second kappa shape index (κ2) is 5.80. The minimum absolute atomic E-state index is 0.371. The van der Waals surface area contributed by atoms with Crippen LogP contribution in [0.5, 0.6) is 0 Å². The van der Waals surface area contributed by atoms with E-state index in [-0.39, 0.29) is 5.69 Å². The molecule has 0 radical (unpaired) electrons. The fourth-order valence-corrected chi connectivity index (χ4v) is 3.56. The average molecular weight is 360 g/mol. The Kier molecular flexibility index (Phi) is 3.74. The highest BCUT2D eigenvalue weighted by Crippen LogP contribution is 2.45. The molecular weight excluding hydrogens is 345 g/mol. The van der Waals surface area contributed by atoms with Gasteiger partial charge in [0, 0.05) is 17.5 Å². The molecule has 3 aromatic rings. The molecule has 0 atom stereocenters. The minimum atomic E-state index is -0.371. The highest BCUT2D eigenvalue weighted by Gasteiger charge is 2.27. The van der Waals surface area contributed by atoms with E-state index in [0.29, 0.717) is 27.5 Å². The molecule has 2 aromatic carbocycles. The first kappa shape index (κ1) is 15.5. The van der Waals surface area contributed by atoms with Gasteiger partial charge in [0.15, 0.2) is 0 Å². The maximum Gasteiger partial charge on any atom is 0.354 e. The van der Waals surface area contributed by atoms with Crippen molar-refractivity contribution in [2.24, 2.45) is 0 Å². The van der Waals surface area contributed by atoms with Gasteiger partial charge in [-0.3, -0.25) is 4.57 Å². The van der Waals surface area contributed by atoms with Gasteiger partial charge in [0.2, 0.25) is 0 Å². The first-order valence-electron chi connectivity index (χ1n) is 7.79. The van der Waals surface area contributed by atoms with Crippen LogP contribution in [0.1, 0.15) is 24.3 Å². The van der Waals surface area contributed by atoms with Crippen LogP contribution in [0.2, 0.25) is 10.0 Å². The maximum atomic E-state index is 12.7. The van der Waals surface area contributed by atoms with Gasteiger partial charge >= 0.3 is 5.69 Å². The Morgan fingerprint density at radius 2 is 1.92 bits per heavy atom. The largest absolute Gasteiger partial charge is 0.372 e. The Labute approximate surface area is 149 Å². The van der Waals surface area contributed by atoms with Gasteiger partial charge in [-0.1, -0.05) is 35.3 Å². The van der Waals surface area contributed by atoms with Crippen LogP contribution in [0, 0.1) is 0 Å². The zero-order chi connectivity index (χ0) is 16.8. The SMILES string of the molecule is CNc1nc(=O)n(-c2ccccc2Cl)c2cc(C3CC3)c(Cl)cc12. The van der Waals surface area contributed by atoms with E-state index in [0.717, 1.165) is 29.3 Å². The van der Waals surface area contributed by atoms with E-state index in [9.17, 15) is 4.79 Å². The molecule has 4 rings (SSSR count). The topological polar surface area (TPSA) is 46.9 Å². The highest BCUT2D eigenvalue weighted by molar-refractivity contribution is 6.33. The molecule has 6 heteroatoms. The molecule has 1 fully saturated rings. The molecule has 1 saturated carbocycles. The van der Waals surface area contributed by atoms with Gasteiger partial charge in [-0.05, 0) is 48.6 Å². The molecule has 0 saturated heterocycles. The molecule has 0 amide bonds. The molecule has 0 unspecified atom stereocenters. The molecule has 0 aliphatic heterocycles. The summed E-state index contributed by atoms with van der Waals surface area (Å²) in [5.41, 5.74) is 2.09. The van der Waals surface area contributed by atoms with Crippen molar-refractivity contribution in [1.29, 1.82) is 0 Å². The van der Waals surface area contributed by atoms with E-state index in [4.69, 9.17) is 23.2 Å². The van der Waals surface area contributed by atoms with E-state index in [1.807, 2.05) is 30.3 Å². The third-order valence-corrected chi connectivity index (χ3v) is 5.00. The second-order valence-corrected chi connectivity index (χ2v) is 6.76. The van der Waals surface area contributed by atoms with Crippen LogP contribution < -0.4 is 11.0 Å². The minimum Gasteiger partial charge on any atom is -0.372 e. The fourth-order valence-electron chi connectivity index (χ4n) is 3.03. The Morgan fingerprint density at radius 1 is 1.17 bits per heavy atom. The Hall–Kier alpha value is -2.04. The number of rotatable bonds is 3. The summed E-state index contributed by atoms with van der Waals surface area (Å²) in [5, 5.41) is 5.00. The lowest BCUT2D eigenvalue weighted by Crippen LogP contribution is -2.23. The van der Waals surface area contributed by atoms with Crippen LogP contribution in [0.3, 0.4) is 0 Å². The summed E-state index contributed by atoms with van der Waals surface area (Å²) in [6.45, 7) is 0. The van der Waals surface area contributed by atoms with Crippen LogP contribution in [0.25, 0.3) is 16.6 Å². The molecule has 122 valence electrons. The van der Waals surface area contributed by atoms with E-state index in [1.165, 1.54) is 0 Å². The summed E-state index contributed by atoms with van der Waals surface area (Å²) in [4.78, 5) is 16.8. The first-order chi connectivity index (χ1) is 11.6. The van der Waals surface area contributed by atoms with E-state index in [1.54, 1.807) is 17.7 Å². The van der Waals surface area contributed by atoms with Crippen molar-refractivity contribution >= 4 is 39.9 Å². The van der Waals surface area contributed by atoms with Gasteiger partial charge < -0.3 is 5.32 Å². The predicted octanol–water partition coefficient (Wildman–Crippen LogP) is 4.61. The van der Waals surface area contributed by atoms with Crippen LogP contribution in [-0.4, -0.2) is 16.6 Å². The second-order valence-electron chi connectivity index (χ2n) is 5.94. The number of fused-ring (bicyclic) bond motifs is 1. The lowest BCUT2D eigenvalue weighted by atomic mass is 10.1. The normalized spacial score (nSPS) is 14.1. The first-order valence-corrected chi connectivity index (χ1v) is 8.54. The van der Waals surface area contributed by atoms with Crippen LogP contribution in [0.4, 0.5) is 5.82 Å². The number of nitrogens with zero attached hydrogens (tertiary/aromatic N) is 2. The summed E-state index contributed by atoms with van der Waals surface area (Å²) in [7, 11) is 1.74. The quantitative estimate of drug-likeness (QED) is 0.742. The maximum absolute atomic E-state index is 12.7. The molecule has 1 aliphatic carbocycles. The Bertz CT molecular complexity index is 1010. The Morgan fingerprint density at radius 3 is 2.58 bits per heavy atom. The monoisotopic (exact) mass is 359 g/mol. The van der Waals surface area contributed by atoms with Gasteiger partial charge in [-0.2, -0.15) is 4.98 Å². The van der Waals surface area contributed by atoms with Crippen molar-refractivity contribution in [2.75, 3.05) is 12.4 Å². The number of hydrogen-bond donors (Lipinski definition) is 1. The van der Waals surface area contributed by atoms with E-state index >= 15 is 0 Å². The lowest BCUT2D eigenvalue weighted by Gasteiger charge is -2.15. The number of aromatic nitrogens is 2. The number of nitrogens with one attached hydrogen (secondary N) is 1. The van der Waals surface area contributed by atoms with E-state index in [2.05, 4.69) is 10.3 Å². The average Bonchev–Trinajstić information content (AvgIpc) is 3.40. The molecule has 4 nitrogen and oxygen atoms in total. The van der Waals surface area contributed by atoms with Gasteiger partial charge in [-0.25, -0.2) is 4.79 Å². The third-order valence-electron chi connectivity index (χ3n) is 4.36. The zero-order valence-electron chi connectivity index (χ0n) is 13.0. The number of para-hydroxylation sites is 1. The molecule has 1 aliphatic rings.